The fourth-order valence-corrected chi connectivity index (χ4v) is 0.551. The summed E-state index contributed by atoms with van der Waals surface area (Å²) in [5.41, 5.74) is 9.04. The van der Waals surface area contributed by atoms with Crippen LogP contribution in [-0.2, 0) is 0 Å². The number of anilines is 1. The van der Waals surface area contributed by atoms with E-state index in [1.54, 1.807) is 0 Å². The zero-order valence-corrected chi connectivity index (χ0v) is 7.20. The average Bonchev–Trinajstić information content (AvgIpc) is 2.29. The lowest BCUT2D eigenvalue weighted by Crippen LogP contribution is -2.71. The van der Waals surface area contributed by atoms with Crippen molar-refractivity contribution in [2.45, 2.75) is 19.4 Å². The minimum absolute atomic E-state index is 0.166. The molecule has 0 fully saturated rings. The van der Waals surface area contributed by atoms with Crippen LogP contribution in [0.15, 0.2) is 4.63 Å². The van der Waals surface area contributed by atoms with Crippen molar-refractivity contribution in [3.63, 3.8) is 0 Å². The normalized spacial score (nSPS) is 11.6. The van der Waals surface area contributed by atoms with E-state index in [1.165, 1.54) is 0 Å². The van der Waals surface area contributed by atoms with Gasteiger partial charge in [0.25, 0.3) is 5.88 Å². The average molecular weight is 173 g/mol. The fraction of sp³-hybridized carbons (Fsp3) is 0.667. The summed E-state index contributed by atoms with van der Waals surface area (Å²) in [5, 5.41) is 6.82. The van der Waals surface area contributed by atoms with E-state index in [1.807, 2.05) is 13.8 Å². The number of hydrogen-bond acceptors (Lipinski definition) is 5. The van der Waals surface area contributed by atoms with Gasteiger partial charge in [-0.05, 0) is 24.2 Å². The standard InChI is InChI=1S/C6H12N4O2/c1-6(2,8)3-11-5-4(7)9-12-10-5/h3,8H2,1-2H3,(H2,7,9)/p+1. The van der Waals surface area contributed by atoms with Gasteiger partial charge in [0.15, 0.2) is 0 Å². The van der Waals surface area contributed by atoms with Crippen molar-refractivity contribution in [3.8, 4) is 5.88 Å². The summed E-state index contributed by atoms with van der Waals surface area (Å²) < 4.78 is 9.53. The van der Waals surface area contributed by atoms with Crippen LogP contribution >= 0.6 is 0 Å². The molecule has 1 rings (SSSR count). The molecule has 0 aromatic carbocycles. The highest BCUT2D eigenvalue weighted by Crippen LogP contribution is 2.14. The molecule has 1 heterocycles. The van der Waals surface area contributed by atoms with Crippen molar-refractivity contribution in [2.24, 2.45) is 0 Å². The molecule has 0 atom stereocenters. The molecule has 0 radical (unpaired) electrons. The van der Waals surface area contributed by atoms with Gasteiger partial charge in [-0.2, -0.15) is 0 Å². The number of ether oxygens (including phenoxy) is 1. The molecule has 6 heteroatoms. The molecule has 0 unspecified atom stereocenters. The van der Waals surface area contributed by atoms with E-state index in [9.17, 15) is 0 Å². The van der Waals surface area contributed by atoms with Crippen LogP contribution in [0.5, 0.6) is 5.88 Å². The largest absolute Gasteiger partial charge is 0.466 e. The van der Waals surface area contributed by atoms with Gasteiger partial charge in [-0.15, -0.1) is 0 Å². The van der Waals surface area contributed by atoms with Crippen LogP contribution in [0.2, 0.25) is 0 Å². The molecule has 0 aliphatic rings. The Bertz CT molecular complexity index is 252. The van der Waals surface area contributed by atoms with Crippen LogP contribution in [0, 0.1) is 0 Å². The fourth-order valence-electron chi connectivity index (χ4n) is 0.551. The van der Waals surface area contributed by atoms with Gasteiger partial charge >= 0.3 is 0 Å². The Labute approximate surface area is 69.8 Å². The summed E-state index contributed by atoms with van der Waals surface area (Å²) in [7, 11) is 0. The van der Waals surface area contributed by atoms with Gasteiger partial charge in [0.05, 0.1) is 0 Å². The first kappa shape index (κ1) is 8.79. The molecule has 1 aromatic heterocycles. The predicted molar refractivity (Wildman–Crippen MR) is 41.2 cm³/mol. The van der Waals surface area contributed by atoms with Crippen LogP contribution in [0.3, 0.4) is 0 Å². The van der Waals surface area contributed by atoms with Crippen molar-refractivity contribution in [1.82, 2.24) is 10.3 Å². The number of nitrogen functional groups attached to an aromatic ring is 1. The smallest absolute Gasteiger partial charge is 0.300 e. The summed E-state index contributed by atoms with van der Waals surface area (Å²) in [5.74, 6) is 0.394. The van der Waals surface area contributed by atoms with Crippen molar-refractivity contribution >= 4 is 5.82 Å². The van der Waals surface area contributed by atoms with Crippen molar-refractivity contribution in [3.05, 3.63) is 0 Å². The molecule has 12 heavy (non-hydrogen) atoms. The zero-order chi connectivity index (χ0) is 9.19. The van der Waals surface area contributed by atoms with E-state index < -0.39 is 0 Å². The molecule has 0 aliphatic heterocycles. The maximum atomic E-state index is 5.36. The molecule has 5 N–H and O–H groups in total. The minimum atomic E-state index is -0.175. The van der Waals surface area contributed by atoms with Crippen LogP contribution in [0.25, 0.3) is 0 Å². The first-order chi connectivity index (χ1) is 5.49. The summed E-state index contributed by atoms with van der Waals surface area (Å²) in [4.78, 5) is 0. The number of quaternary nitrogens is 1. The Hall–Kier alpha value is -1.30. The number of nitrogens with zero attached hydrogens (tertiary/aromatic N) is 2. The minimum Gasteiger partial charge on any atom is -0.466 e. The van der Waals surface area contributed by atoms with Crippen LogP contribution < -0.4 is 16.2 Å². The Balaban J connectivity index is 2.49. The topological polar surface area (TPSA) is 102 Å². The molecule has 0 saturated heterocycles. The molecule has 0 aliphatic carbocycles. The maximum Gasteiger partial charge on any atom is 0.300 e. The third-order valence-corrected chi connectivity index (χ3v) is 1.08. The molecule has 0 amide bonds. The summed E-state index contributed by atoms with van der Waals surface area (Å²) in [6.45, 7) is 4.30. The van der Waals surface area contributed by atoms with Gasteiger partial charge in [0.1, 0.15) is 12.1 Å². The van der Waals surface area contributed by atoms with Gasteiger partial charge in [-0.1, -0.05) is 0 Å². The molecule has 0 bridgehead atoms. The summed E-state index contributed by atoms with van der Waals surface area (Å²) in [6.07, 6.45) is 0. The lowest BCUT2D eigenvalue weighted by atomic mass is 10.1. The van der Waals surface area contributed by atoms with E-state index in [4.69, 9.17) is 10.5 Å². The molecule has 1 aromatic rings. The van der Waals surface area contributed by atoms with Gasteiger partial charge < -0.3 is 16.2 Å². The lowest BCUT2D eigenvalue weighted by molar-refractivity contribution is -0.469. The zero-order valence-electron chi connectivity index (χ0n) is 7.20. The Morgan fingerprint density at radius 2 is 2.25 bits per heavy atom. The molecule has 6 nitrogen and oxygen atoms in total. The highest BCUT2D eigenvalue weighted by atomic mass is 16.6. The Morgan fingerprint density at radius 3 is 2.67 bits per heavy atom. The highest BCUT2D eigenvalue weighted by Gasteiger charge is 2.18. The number of aromatic nitrogens is 2. The van der Waals surface area contributed by atoms with E-state index in [2.05, 4.69) is 20.7 Å². The van der Waals surface area contributed by atoms with Crippen LogP contribution in [0.4, 0.5) is 5.82 Å². The Kier molecular flexibility index (Phi) is 2.18. The first-order valence-corrected chi connectivity index (χ1v) is 3.55. The second-order valence-electron chi connectivity index (χ2n) is 3.41. The van der Waals surface area contributed by atoms with E-state index >= 15 is 0 Å². The van der Waals surface area contributed by atoms with E-state index in [0.29, 0.717) is 6.61 Å². The molecular weight excluding hydrogens is 160 g/mol. The molecule has 0 saturated carbocycles. The second-order valence-corrected chi connectivity index (χ2v) is 3.41. The SMILES string of the molecule is CC(C)([NH3+])COc1nonc1N. The highest BCUT2D eigenvalue weighted by molar-refractivity contribution is 5.36. The molecule has 0 spiro atoms. The maximum absolute atomic E-state index is 5.36. The third-order valence-electron chi connectivity index (χ3n) is 1.08. The van der Waals surface area contributed by atoms with E-state index in [-0.39, 0.29) is 17.2 Å². The number of hydrogen-bond donors (Lipinski definition) is 2. The summed E-state index contributed by atoms with van der Waals surface area (Å²) >= 11 is 0. The Morgan fingerprint density at radius 1 is 1.58 bits per heavy atom. The lowest BCUT2D eigenvalue weighted by Gasteiger charge is -2.13. The predicted octanol–water partition coefficient (Wildman–Crippen LogP) is -0.949. The van der Waals surface area contributed by atoms with Crippen LogP contribution in [-0.4, -0.2) is 22.5 Å². The van der Waals surface area contributed by atoms with E-state index in [0.717, 1.165) is 0 Å². The quantitative estimate of drug-likeness (QED) is 0.613. The second kappa shape index (κ2) is 2.98. The molecule has 68 valence electrons. The van der Waals surface area contributed by atoms with Crippen molar-refractivity contribution in [2.75, 3.05) is 12.3 Å². The summed E-state index contributed by atoms with van der Waals surface area (Å²) in [6, 6.07) is 0. The van der Waals surface area contributed by atoms with Crippen molar-refractivity contribution in [1.29, 1.82) is 0 Å². The number of rotatable bonds is 3. The number of nitrogens with two attached hydrogens (primary N) is 1. The van der Waals surface area contributed by atoms with Gasteiger partial charge in [0, 0.05) is 0 Å². The van der Waals surface area contributed by atoms with Gasteiger partial charge in [0.2, 0.25) is 5.82 Å². The first-order valence-electron chi connectivity index (χ1n) is 3.55. The van der Waals surface area contributed by atoms with Gasteiger partial charge in [-0.3, -0.25) is 0 Å². The third kappa shape index (κ3) is 2.39. The van der Waals surface area contributed by atoms with Crippen molar-refractivity contribution < 1.29 is 15.1 Å². The molecular formula is C6H13N4O2+. The van der Waals surface area contributed by atoms with Crippen LogP contribution in [0.1, 0.15) is 13.8 Å². The monoisotopic (exact) mass is 173 g/mol. The van der Waals surface area contributed by atoms with Gasteiger partial charge in [-0.25, -0.2) is 4.63 Å².